The Morgan fingerprint density at radius 3 is 1.88 bits per heavy atom. The first-order chi connectivity index (χ1) is 6.56. The van der Waals surface area contributed by atoms with E-state index in [1.807, 2.05) is 0 Å². The van der Waals surface area contributed by atoms with Crippen LogP contribution in [0.25, 0.3) is 0 Å². The smallest absolute Gasteiger partial charge is 0.743 e. The summed E-state index contributed by atoms with van der Waals surface area (Å²) in [7, 11) is -6.33. The van der Waals surface area contributed by atoms with Gasteiger partial charge in [0.15, 0.2) is 10.1 Å². The van der Waals surface area contributed by atoms with Crippen molar-refractivity contribution in [3.05, 3.63) is 0 Å². The minimum atomic E-state index is -6.33. The van der Waals surface area contributed by atoms with Crippen LogP contribution in [0, 0.1) is 0 Å². The minimum absolute atomic E-state index is 0. The van der Waals surface area contributed by atoms with Crippen molar-refractivity contribution in [1.29, 1.82) is 0 Å². The molecular formula is C7H11F4LiO3S. The van der Waals surface area contributed by atoms with Gasteiger partial charge in [-0.05, 0) is 6.42 Å². The standard InChI is InChI=1S/C7H12F4O3S.Li/c1-2-3-4-5-6(8,9)7(10,11)15(12,13)14;/h2-5H2,1H3,(H,12,13,14);/q;+1/p-1. The van der Waals surface area contributed by atoms with E-state index in [1.165, 1.54) is 0 Å². The van der Waals surface area contributed by atoms with Crippen molar-refractivity contribution in [2.24, 2.45) is 0 Å². The van der Waals surface area contributed by atoms with Crippen LogP contribution in [0.5, 0.6) is 0 Å². The number of unbranched alkanes of at least 4 members (excludes halogenated alkanes) is 2. The summed E-state index contributed by atoms with van der Waals surface area (Å²) in [5.74, 6) is -4.80. The van der Waals surface area contributed by atoms with Gasteiger partial charge in [-0.15, -0.1) is 0 Å². The Hall–Kier alpha value is 0.227. The Labute approximate surface area is 104 Å². The van der Waals surface area contributed by atoms with Crippen molar-refractivity contribution in [3.8, 4) is 0 Å². The van der Waals surface area contributed by atoms with E-state index in [2.05, 4.69) is 0 Å². The van der Waals surface area contributed by atoms with Crippen LogP contribution in [-0.2, 0) is 10.1 Å². The summed E-state index contributed by atoms with van der Waals surface area (Å²) in [5.41, 5.74) is 0. The monoisotopic (exact) mass is 258 g/mol. The SMILES string of the molecule is CCCCCC(F)(F)C(F)(F)S(=O)(=O)[O-].[Li+]. The van der Waals surface area contributed by atoms with Crippen molar-refractivity contribution >= 4 is 10.1 Å². The van der Waals surface area contributed by atoms with E-state index in [0.717, 1.165) is 0 Å². The summed E-state index contributed by atoms with van der Waals surface area (Å²) < 4.78 is 80.2. The Morgan fingerprint density at radius 2 is 1.56 bits per heavy atom. The number of hydrogen-bond acceptors (Lipinski definition) is 3. The third-order valence-corrected chi connectivity index (χ3v) is 2.76. The molecule has 0 aliphatic carbocycles. The molecule has 0 saturated carbocycles. The molecule has 0 aliphatic heterocycles. The predicted molar refractivity (Wildman–Crippen MR) is 43.7 cm³/mol. The van der Waals surface area contributed by atoms with Crippen LogP contribution in [0.15, 0.2) is 0 Å². The van der Waals surface area contributed by atoms with Crippen molar-refractivity contribution in [2.75, 3.05) is 0 Å². The van der Waals surface area contributed by atoms with Gasteiger partial charge in [0.05, 0.1) is 0 Å². The number of halogens is 4. The minimum Gasteiger partial charge on any atom is -0.743 e. The fraction of sp³-hybridized carbons (Fsp3) is 1.00. The molecule has 3 nitrogen and oxygen atoms in total. The second kappa shape index (κ2) is 6.24. The van der Waals surface area contributed by atoms with Crippen molar-refractivity contribution in [3.63, 3.8) is 0 Å². The molecule has 0 rings (SSSR count). The number of rotatable bonds is 6. The second-order valence-corrected chi connectivity index (χ2v) is 4.55. The molecule has 0 amide bonds. The van der Waals surface area contributed by atoms with Crippen LogP contribution < -0.4 is 18.9 Å². The molecule has 0 bridgehead atoms. The Balaban J connectivity index is 0. The van der Waals surface area contributed by atoms with Gasteiger partial charge < -0.3 is 4.55 Å². The number of hydrogen-bond donors (Lipinski definition) is 0. The predicted octanol–water partition coefficient (Wildman–Crippen LogP) is -0.656. The maximum Gasteiger partial charge on any atom is 1.00 e. The molecule has 0 heterocycles. The molecule has 92 valence electrons. The van der Waals surface area contributed by atoms with Gasteiger partial charge in [-0.25, -0.2) is 8.42 Å². The Kier molecular flexibility index (Phi) is 7.25. The molecule has 16 heavy (non-hydrogen) atoms. The fourth-order valence-corrected chi connectivity index (χ4v) is 1.39. The molecule has 0 saturated heterocycles. The normalized spacial score (nSPS) is 13.4. The Morgan fingerprint density at radius 1 is 1.12 bits per heavy atom. The first-order valence-electron chi connectivity index (χ1n) is 4.27. The Bertz CT molecular complexity index is 305. The van der Waals surface area contributed by atoms with E-state index in [0.29, 0.717) is 6.42 Å². The first kappa shape index (κ1) is 18.6. The third-order valence-electron chi connectivity index (χ3n) is 1.83. The van der Waals surface area contributed by atoms with Gasteiger partial charge in [0.2, 0.25) is 0 Å². The molecule has 0 fully saturated rings. The molecule has 0 radical (unpaired) electrons. The van der Waals surface area contributed by atoms with Crippen LogP contribution in [0.2, 0.25) is 0 Å². The van der Waals surface area contributed by atoms with Crippen molar-refractivity contribution < 1.29 is 49.4 Å². The first-order valence-corrected chi connectivity index (χ1v) is 5.68. The molecule has 0 unspecified atom stereocenters. The summed E-state index contributed by atoms with van der Waals surface area (Å²) in [6, 6.07) is 0. The van der Waals surface area contributed by atoms with Gasteiger partial charge in [-0.1, -0.05) is 19.8 Å². The molecule has 0 aromatic rings. The molecular weight excluding hydrogens is 247 g/mol. The van der Waals surface area contributed by atoms with E-state index in [1.54, 1.807) is 6.92 Å². The van der Waals surface area contributed by atoms with Gasteiger partial charge in [0, 0.05) is 6.42 Å². The van der Waals surface area contributed by atoms with Crippen molar-refractivity contribution in [2.45, 2.75) is 43.8 Å². The zero-order chi connectivity index (χ0) is 12.3. The van der Waals surface area contributed by atoms with E-state index >= 15 is 0 Å². The van der Waals surface area contributed by atoms with Crippen LogP contribution >= 0.6 is 0 Å². The van der Waals surface area contributed by atoms with E-state index in [9.17, 15) is 30.5 Å². The van der Waals surface area contributed by atoms with Crippen LogP contribution in [0.4, 0.5) is 17.6 Å². The van der Waals surface area contributed by atoms with E-state index in [-0.39, 0.29) is 31.7 Å². The average Bonchev–Trinajstić information content (AvgIpc) is 2.02. The van der Waals surface area contributed by atoms with Crippen LogP contribution in [0.1, 0.15) is 32.6 Å². The molecule has 9 heteroatoms. The summed E-state index contributed by atoms with van der Waals surface area (Å²) >= 11 is 0. The summed E-state index contributed by atoms with van der Waals surface area (Å²) in [4.78, 5) is 0. The van der Waals surface area contributed by atoms with Gasteiger partial charge in [0.25, 0.3) is 0 Å². The summed E-state index contributed by atoms with van der Waals surface area (Å²) in [6.07, 6.45) is -0.778. The quantitative estimate of drug-likeness (QED) is 0.275. The van der Waals surface area contributed by atoms with Gasteiger partial charge >= 0.3 is 30.0 Å². The molecule has 0 aromatic heterocycles. The maximum atomic E-state index is 12.7. The van der Waals surface area contributed by atoms with Gasteiger partial charge in [-0.3, -0.25) is 0 Å². The summed E-state index contributed by atoms with van der Waals surface area (Å²) in [5, 5.41) is -5.53. The zero-order valence-electron chi connectivity index (χ0n) is 8.97. The topological polar surface area (TPSA) is 57.2 Å². The van der Waals surface area contributed by atoms with E-state index < -0.39 is 27.7 Å². The summed E-state index contributed by atoms with van der Waals surface area (Å²) in [6.45, 7) is 1.67. The fourth-order valence-electron chi connectivity index (χ4n) is 0.925. The number of alkyl halides is 4. The average molecular weight is 258 g/mol. The molecule has 0 N–H and O–H groups in total. The molecule has 0 aromatic carbocycles. The molecule has 0 aliphatic rings. The maximum absolute atomic E-state index is 12.7. The van der Waals surface area contributed by atoms with Crippen molar-refractivity contribution in [1.82, 2.24) is 0 Å². The molecule has 0 atom stereocenters. The van der Waals surface area contributed by atoms with Crippen LogP contribution in [0.3, 0.4) is 0 Å². The van der Waals surface area contributed by atoms with Crippen LogP contribution in [-0.4, -0.2) is 24.1 Å². The van der Waals surface area contributed by atoms with Gasteiger partial charge in [0.1, 0.15) is 0 Å². The molecule has 0 spiro atoms. The van der Waals surface area contributed by atoms with E-state index in [4.69, 9.17) is 0 Å². The van der Waals surface area contributed by atoms with Gasteiger partial charge in [-0.2, -0.15) is 17.6 Å². The second-order valence-electron chi connectivity index (χ2n) is 3.13. The third kappa shape index (κ3) is 4.24. The zero-order valence-corrected chi connectivity index (χ0v) is 9.79. The largest absolute Gasteiger partial charge is 1.00 e.